The lowest BCUT2D eigenvalue weighted by Crippen LogP contribution is -2.24. The van der Waals surface area contributed by atoms with E-state index in [9.17, 15) is 4.79 Å². The van der Waals surface area contributed by atoms with Crippen molar-refractivity contribution in [2.75, 3.05) is 13.6 Å². The standard InChI is InChI=1S/C5H8N2O2/c1-7-3-4(2-6-7)5(8)9/h3,6H,2H2,1H3,(H,8,9). The number of rotatable bonds is 1. The summed E-state index contributed by atoms with van der Waals surface area (Å²) >= 11 is 0. The van der Waals surface area contributed by atoms with Gasteiger partial charge >= 0.3 is 5.97 Å². The smallest absolute Gasteiger partial charge is 0.334 e. The van der Waals surface area contributed by atoms with Crippen molar-refractivity contribution in [1.29, 1.82) is 0 Å². The number of aliphatic carboxylic acids is 1. The van der Waals surface area contributed by atoms with Crippen LogP contribution in [-0.2, 0) is 4.79 Å². The van der Waals surface area contributed by atoms with Gasteiger partial charge in [0.1, 0.15) is 0 Å². The summed E-state index contributed by atoms with van der Waals surface area (Å²) in [5.74, 6) is -0.855. The maximum Gasteiger partial charge on any atom is 0.334 e. The Kier molecular flexibility index (Phi) is 1.40. The fraction of sp³-hybridized carbons (Fsp3) is 0.400. The molecule has 0 amide bonds. The van der Waals surface area contributed by atoms with E-state index in [-0.39, 0.29) is 0 Å². The van der Waals surface area contributed by atoms with E-state index < -0.39 is 5.97 Å². The summed E-state index contributed by atoms with van der Waals surface area (Å²) in [5, 5.41) is 10.0. The van der Waals surface area contributed by atoms with Gasteiger partial charge in [0.05, 0.1) is 5.57 Å². The van der Waals surface area contributed by atoms with Crippen molar-refractivity contribution in [2.45, 2.75) is 0 Å². The Labute approximate surface area is 52.7 Å². The van der Waals surface area contributed by atoms with E-state index in [1.807, 2.05) is 0 Å². The summed E-state index contributed by atoms with van der Waals surface area (Å²) in [4.78, 5) is 10.2. The second kappa shape index (κ2) is 2.06. The molecule has 0 saturated carbocycles. The van der Waals surface area contributed by atoms with E-state index in [1.54, 1.807) is 18.3 Å². The van der Waals surface area contributed by atoms with Crippen molar-refractivity contribution in [3.05, 3.63) is 11.8 Å². The summed E-state index contributed by atoms with van der Waals surface area (Å²) in [6, 6.07) is 0. The monoisotopic (exact) mass is 128 g/mol. The van der Waals surface area contributed by atoms with Crippen molar-refractivity contribution in [1.82, 2.24) is 10.4 Å². The van der Waals surface area contributed by atoms with Gasteiger partial charge in [-0.15, -0.1) is 0 Å². The third-order valence-corrected chi connectivity index (χ3v) is 1.14. The number of hydrazine groups is 1. The normalized spacial score (nSPS) is 17.9. The molecule has 4 nitrogen and oxygen atoms in total. The first-order valence-electron chi connectivity index (χ1n) is 2.60. The molecule has 50 valence electrons. The van der Waals surface area contributed by atoms with Crippen molar-refractivity contribution in [3.63, 3.8) is 0 Å². The molecular formula is C5H8N2O2. The Morgan fingerprint density at radius 2 is 2.67 bits per heavy atom. The average molecular weight is 128 g/mol. The predicted molar refractivity (Wildman–Crippen MR) is 31.5 cm³/mol. The van der Waals surface area contributed by atoms with Gasteiger partial charge in [0.25, 0.3) is 0 Å². The van der Waals surface area contributed by atoms with E-state index >= 15 is 0 Å². The molecule has 0 bridgehead atoms. The Balaban J connectivity index is 2.62. The number of carbonyl (C=O) groups is 1. The minimum atomic E-state index is -0.855. The van der Waals surface area contributed by atoms with Gasteiger partial charge < -0.3 is 10.1 Å². The Hall–Kier alpha value is -1.03. The van der Waals surface area contributed by atoms with E-state index in [4.69, 9.17) is 5.11 Å². The quantitative estimate of drug-likeness (QED) is 0.495. The van der Waals surface area contributed by atoms with Crippen LogP contribution in [0.2, 0.25) is 0 Å². The topological polar surface area (TPSA) is 52.6 Å². The molecule has 0 aromatic rings. The molecule has 2 N–H and O–H groups in total. The summed E-state index contributed by atoms with van der Waals surface area (Å²) in [5.41, 5.74) is 3.21. The third kappa shape index (κ3) is 1.20. The van der Waals surface area contributed by atoms with E-state index in [1.165, 1.54) is 0 Å². The van der Waals surface area contributed by atoms with Crippen LogP contribution in [0.4, 0.5) is 0 Å². The number of hydrogen-bond donors (Lipinski definition) is 2. The molecule has 0 saturated heterocycles. The largest absolute Gasteiger partial charge is 0.478 e. The summed E-state index contributed by atoms with van der Waals surface area (Å²) < 4.78 is 0. The molecule has 1 aliphatic heterocycles. The van der Waals surface area contributed by atoms with E-state index in [0.29, 0.717) is 12.1 Å². The van der Waals surface area contributed by atoms with Crippen molar-refractivity contribution in [2.24, 2.45) is 0 Å². The molecule has 1 heterocycles. The molecule has 0 fully saturated rings. The molecule has 0 unspecified atom stereocenters. The highest BCUT2D eigenvalue weighted by molar-refractivity contribution is 5.87. The molecular weight excluding hydrogens is 120 g/mol. The highest BCUT2D eigenvalue weighted by Crippen LogP contribution is 2.00. The van der Waals surface area contributed by atoms with Crippen molar-refractivity contribution in [3.8, 4) is 0 Å². The number of carboxylic acid groups (broad SMARTS) is 1. The van der Waals surface area contributed by atoms with Crippen molar-refractivity contribution < 1.29 is 9.90 Å². The average Bonchev–Trinajstić information content (AvgIpc) is 2.14. The molecule has 0 aromatic heterocycles. The van der Waals surface area contributed by atoms with Crippen LogP contribution in [0.3, 0.4) is 0 Å². The zero-order chi connectivity index (χ0) is 6.85. The van der Waals surface area contributed by atoms with Crippen LogP contribution in [-0.4, -0.2) is 29.7 Å². The second-order valence-corrected chi connectivity index (χ2v) is 1.91. The predicted octanol–water partition coefficient (Wildman–Crippen LogP) is -0.595. The highest BCUT2D eigenvalue weighted by Gasteiger charge is 2.13. The zero-order valence-electron chi connectivity index (χ0n) is 5.09. The van der Waals surface area contributed by atoms with Gasteiger partial charge in [-0.2, -0.15) is 0 Å². The van der Waals surface area contributed by atoms with Gasteiger partial charge in [-0.3, -0.25) is 0 Å². The molecule has 0 aliphatic carbocycles. The fourth-order valence-electron chi connectivity index (χ4n) is 0.666. The Morgan fingerprint density at radius 3 is 2.89 bits per heavy atom. The molecule has 1 rings (SSSR count). The second-order valence-electron chi connectivity index (χ2n) is 1.91. The summed E-state index contributed by atoms with van der Waals surface area (Å²) in [6.45, 7) is 0.422. The van der Waals surface area contributed by atoms with E-state index in [0.717, 1.165) is 0 Å². The Morgan fingerprint density at radius 1 is 2.00 bits per heavy atom. The highest BCUT2D eigenvalue weighted by atomic mass is 16.4. The molecule has 0 radical (unpaired) electrons. The van der Waals surface area contributed by atoms with E-state index in [2.05, 4.69) is 5.43 Å². The summed E-state index contributed by atoms with van der Waals surface area (Å²) in [6.07, 6.45) is 1.56. The molecule has 4 heteroatoms. The minimum Gasteiger partial charge on any atom is -0.478 e. The lowest BCUT2D eigenvalue weighted by molar-refractivity contribution is -0.132. The van der Waals surface area contributed by atoms with Crippen LogP contribution in [0.15, 0.2) is 11.8 Å². The first-order valence-corrected chi connectivity index (χ1v) is 2.60. The van der Waals surface area contributed by atoms with Crippen LogP contribution in [0.25, 0.3) is 0 Å². The number of nitrogens with one attached hydrogen (secondary N) is 1. The number of hydrogen-bond acceptors (Lipinski definition) is 3. The van der Waals surface area contributed by atoms with Gasteiger partial charge in [-0.1, -0.05) is 0 Å². The van der Waals surface area contributed by atoms with Crippen LogP contribution in [0, 0.1) is 0 Å². The molecule has 0 aromatic carbocycles. The lowest BCUT2D eigenvalue weighted by Gasteiger charge is -2.04. The molecule has 0 atom stereocenters. The van der Waals surface area contributed by atoms with Gasteiger partial charge in [-0.25, -0.2) is 10.2 Å². The van der Waals surface area contributed by atoms with Crippen LogP contribution < -0.4 is 5.43 Å². The summed E-state index contributed by atoms with van der Waals surface area (Å²) in [7, 11) is 1.76. The Bertz CT molecular complexity index is 164. The molecule has 9 heavy (non-hydrogen) atoms. The van der Waals surface area contributed by atoms with Crippen LogP contribution >= 0.6 is 0 Å². The minimum absolute atomic E-state index is 0.400. The van der Waals surface area contributed by atoms with Gasteiger partial charge in [0.2, 0.25) is 0 Å². The fourth-order valence-corrected chi connectivity index (χ4v) is 0.666. The third-order valence-electron chi connectivity index (χ3n) is 1.14. The van der Waals surface area contributed by atoms with Crippen LogP contribution in [0.1, 0.15) is 0 Å². The first kappa shape index (κ1) is 6.10. The maximum atomic E-state index is 10.2. The van der Waals surface area contributed by atoms with Gasteiger partial charge in [0, 0.05) is 19.8 Å². The van der Waals surface area contributed by atoms with Crippen molar-refractivity contribution >= 4 is 5.97 Å². The molecule has 1 aliphatic rings. The van der Waals surface area contributed by atoms with Crippen LogP contribution in [0.5, 0.6) is 0 Å². The molecule has 0 spiro atoms. The van der Waals surface area contributed by atoms with Gasteiger partial charge in [0.15, 0.2) is 0 Å². The number of nitrogens with zero attached hydrogens (tertiary/aromatic N) is 1. The SMILES string of the molecule is CN1C=C(C(=O)O)CN1. The lowest BCUT2D eigenvalue weighted by atomic mass is 10.3. The zero-order valence-corrected chi connectivity index (χ0v) is 5.09. The maximum absolute atomic E-state index is 10.2. The van der Waals surface area contributed by atoms with Gasteiger partial charge in [-0.05, 0) is 0 Å². The first-order chi connectivity index (χ1) is 4.20. The number of carboxylic acids is 1.